The van der Waals surface area contributed by atoms with Crippen LogP contribution in [0.3, 0.4) is 0 Å². The molecule has 0 aliphatic carbocycles. The molecular weight excluding hydrogens is 498 g/mol. The Labute approximate surface area is 225 Å². The Hall–Kier alpha value is -5.02. The molecule has 0 radical (unpaired) electrons. The molecule has 39 heavy (non-hydrogen) atoms. The molecule has 0 fully saturated rings. The fraction of sp³-hybridized carbons (Fsp3) is 0.133. The van der Waals surface area contributed by atoms with Gasteiger partial charge in [0.15, 0.2) is 5.60 Å². The summed E-state index contributed by atoms with van der Waals surface area (Å²) in [6.45, 7) is 1.78. The highest BCUT2D eigenvalue weighted by Crippen LogP contribution is 2.30. The minimum atomic E-state index is -1.94. The molecule has 9 heteroatoms. The first-order chi connectivity index (χ1) is 18.8. The van der Waals surface area contributed by atoms with E-state index in [0.29, 0.717) is 39.3 Å². The van der Waals surface area contributed by atoms with E-state index in [-0.39, 0.29) is 12.3 Å². The molecule has 0 aliphatic rings. The van der Waals surface area contributed by atoms with Gasteiger partial charge in [-0.3, -0.25) is 14.9 Å². The van der Waals surface area contributed by atoms with Gasteiger partial charge in [0.1, 0.15) is 18.1 Å². The Morgan fingerprint density at radius 3 is 2.21 bits per heavy atom. The zero-order chi connectivity index (χ0) is 27.8. The summed E-state index contributed by atoms with van der Waals surface area (Å²) in [4.78, 5) is 23.8. The highest BCUT2D eigenvalue weighted by molar-refractivity contribution is 5.91. The summed E-state index contributed by atoms with van der Waals surface area (Å²) >= 11 is 0. The number of nitro groups is 1. The smallest absolute Gasteiger partial charge is 0.281 e. The molecule has 9 nitrogen and oxygen atoms in total. The van der Waals surface area contributed by atoms with Crippen molar-refractivity contribution in [1.29, 1.82) is 0 Å². The Bertz CT molecular complexity index is 1450. The summed E-state index contributed by atoms with van der Waals surface area (Å²) in [6.07, 6.45) is 1.45. The number of nitro benzene ring substituents is 1. The third-order valence-electron chi connectivity index (χ3n) is 6.16. The highest BCUT2D eigenvalue weighted by Gasteiger charge is 2.39. The molecule has 0 bridgehead atoms. The molecule has 0 aromatic heterocycles. The average molecular weight is 526 g/mol. The van der Waals surface area contributed by atoms with Crippen molar-refractivity contribution in [3.8, 4) is 11.5 Å². The maximum atomic E-state index is 13.2. The topological polar surface area (TPSA) is 123 Å². The van der Waals surface area contributed by atoms with Gasteiger partial charge >= 0.3 is 0 Å². The van der Waals surface area contributed by atoms with Crippen LogP contribution >= 0.6 is 0 Å². The Morgan fingerprint density at radius 2 is 1.64 bits per heavy atom. The first-order valence-corrected chi connectivity index (χ1v) is 12.0. The monoisotopic (exact) mass is 525 g/mol. The van der Waals surface area contributed by atoms with Gasteiger partial charge in [-0.15, -0.1) is 0 Å². The largest absolute Gasteiger partial charge is 0.496 e. The van der Waals surface area contributed by atoms with Gasteiger partial charge in [0.25, 0.3) is 11.6 Å². The maximum Gasteiger partial charge on any atom is 0.281 e. The molecule has 0 heterocycles. The third-order valence-corrected chi connectivity index (χ3v) is 6.16. The molecule has 0 saturated carbocycles. The van der Waals surface area contributed by atoms with E-state index in [1.54, 1.807) is 97.9 Å². The Balaban J connectivity index is 1.50. The molecule has 1 amide bonds. The molecule has 198 valence electrons. The van der Waals surface area contributed by atoms with E-state index in [1.807, 2.05) is 0 Å². The number of hydrazone groups is 1. The van der Waals surface area contributed by atoms with Crippen LogP contribution < -0.4 is 14.9 Å². The number of nitrogens with zero attached hydrogens (tertiary/aromatic N) is 2. The molecule has 4 rings (SSSR count). The molecule has 0 aliphatic heterocycles. The SMILES string of the molecule is COc1ccc(/C=N/NC(=O)C(O)(c2ccccc2)c2ccccc2)cc1COc1ccc([N+](=O)[O-])c(C)c1. The number of amides is 1. The molecule has 0 saturated heterocycles. The molecule has 0 atom stereocenters. The standard InChI is InChI=1S/C30H27N3O6/c1-21-17-26(14-15-27(21)33(36)37)39-20-23-18-22(13-16-28(23)38-2)19-31-32-29(34)30(35,24-9-5-3-6-10-24)25-11-7-4-8-12-25/h3-19,35H,20H2,1-2H3,(H,32,34)/b31-19+. The van der Waals surface area contributed by atoms with E-state index in [9.17, 15) is 20.0 Å². The summed E-state index contributed by atoms with van der Waals surface area (Å²) in [5.74, 6) is 0.353. The van der Waals surface area contributed by atoms with Gasteiger partial charge in [-0.2, -0.15) is 5.10 Å². The van der Waals surface area contributed by atoms with Crippen molar-refractivity contribution < 1.29 is 24.3 Å². The summed E-state index contributed by atoms with van der Waals surface area (Å²) in [5, 5.41) is 26.7. The van der Waals surface area contributed by atoms with Crippen molar-refractivity contribution in [2.45, 2.75) is 19.1 Å². The van der Waals surface area contributed by atoms with Gasteiger partial charge in [0.05, 0.1) is 18.2 Å². The summed E-state index contributed by atoms with van der Waals surface area (Å²) in [6, 6.07) is 27.2. The third kappa shape index (κ3) is 6.11. The van der Waals surface area contributed by atoms with Crippen LogP contribution in [-0.2, 0) is 17.0 Å². The number of benzene rings is 4. The lowest BCUT2D eigenvalue weighted by Crippen LogP contribution is -2.43. The minimum Gasteiger partial charge on any atom is -0.496 e. The second-order valence-corrected chi connectivity index (χ2v) is 8.71. The Morgan fingerprint density at radius 1 is 1.00 bits per heavy atom. The van der Waals surface area contributed by atoms with Crippen molar-refractivity contribution in [2.75, 3.05) is 7.11 Å². The number of aliphatic hydroxyl groups is 1. The van der Waals surface area contributed by atoms with Crippen LogP contribution in [0.1, 0.15) is 27.8 Å². The quantitative estimate of drug-likeness (QED) is 0.173. The molecule has 0 unspecified atom stereocenters. The van der Waals surface area contributed by atoms with Crippen LogP contribution in [0, 0.1) is 17.0 Å². The lowest BCUT2D eigenvalue weighted by atomic mass is 9.85. The first-order valence-electron chi connectivity index (χ1n) is 12.0. The van der Waals surface area contributed by atoms with Crippen LogP contribution in [0.15, 0.2) is 102 Å². The zero-order valence-corrected chi connectivity index (χ0v) is 21.4. The molecular formula is C30H27N3O6. The molecule has 4 aromatic rings. The lowest BCUT2D eigenvalue weighted by molar-refractivity contribution is -0.385. The zero-order valence-electron chi connectivity index (χ0n) is 21.4. The van der Waals surface area contributed by atoms with E-state index < -0.39 is 16.4 Å². The predicted octanol–water partition coefficient (Wildman–Crippen LogP) is 4.88. The summed E-state index contributed by atoms with van der Waals surface area (Å²) in [5.41, 5.74) is 3.20. The van der Waals surface area contributed by atoms with Gasteiger partial charge in [-0.05, 0) is 53.9 Å². The molecule has 4 aromatic carbocycles. The summed E-state index contributed by atoms with van der Waals surface area (Å²) in [7, 11) is 1.54. The number of ether oxygens (including phenoxy) is 2. The van der Waals surface area contributed by atoms with E-state index in [2.05, 4.69) is 10.5 Å². The van der Waals surface area contributed by atoms with Crippen LogP contribution in [0.4, 0.5) is 5.69 Å². The van der Waals surface area contributed by atoms with Gasteiger partial charge in [-0.25, -0.2) is 5.43 Å². The van der Waals surface area contributed by atoms with Crippen LogP contribution in [0.25, 0.3) is 0 Å². The van der Waals surface area contributed by atoms with E-state index in [1.165, 1.54) is 19.4 Å². The maximum absolute atomic E-state index is 13.2. The van der Waals surface area contributed by atoms with Gasteiger partial charge in [0.2, 0.25) is 0 Å². The van der Waals surface area contributed by atoms with Gasteiger partial charge in [0, 0.05) is 17.2 Å². The van der Waals surface area contributed by atoms with Crippen molar-refractivity contribution in [3.05, 3.63) is 135 Å². The normalized spacial score (nSPS) is 11.3. The van der Waals surface area contributed by atoms with Crippen molar-refractivity contribution >= 4 is 17.8 Å². The van der Waals surface area contributed by atoms with Crippen LogP contribution in [0.5, 0.6) is 11.5 Å². The number of hydrogen-bond donors (Lipinski definition) is 2. The van der Waals surface area contributed by atoms with Gasteiger partial charge < -0.3 is 14.6 Å². The number of rotatable bonds is 10. The Kier molecular flexibility index (Phi) is 8.33. The second-order valence-electron chi connectivity index (χ2n) is 8.71. The second kappa shape index (κ2) is 12.0. The number of carbonyl (C=O) groups is 1. The highest BCUT2D eigenvalue weighted by atomic mass is 16.6. The van der Waals surface area contributed by atoms with Crippen molar-refractivity contribution in [1.82, 2.24) is 5.43 Å². The van der Waals surface area contributed by atoms with Crippen molar-refractivity contribution in [3.63, 3.8) is 0 Å². The van der Waals surface area contributed by atoms with Gasteiger partial charge in [-0.1, -0.05) is 60.7 Å². The van der Waals surface area contributed by atoms with E-state index in [0.717, 1.165) is 0 Å². The molecule has 2 N–H and O–H groups in total. The molecule has 0 spiro atoms. The van der Waals surface area contributed by atoms with Crippen LogP contribution in [0.2, 0.25) is 0 Å². The number of methoxy groups -OCH3 is 1. The number of aryl methyl sites for hydroxylation is 1. The predicted molar refractivity (Wildman–Crippen MR) is 147 cm³/mol. The average Bonchev–Trinajstić information content (AvgIpc) is 2.96. The van der Waals surface area contributed by atoms with Crippen LogP contribution in [-0.4, -0.2) is 29.3 Å². The summed E-state index contributed by atoms with van der Waals surface area (Å²) < 4.78 is 11.3. The number of nitrogens with one attached hydrogen (secondary N) is 1. The van der Waals surface area contributed by atoms with E-state index in [4.69, 9.17) is 9.47 Å². The van der Waals surface area contributed by atoms with E-state index >= 15 is 0 Å². The fourth-order valence-corrected chi connectivity index (χ4v) is 4.11. The first kappa shape index (κ1) is 27.0. The number of hydrogen-bond acceptors (Lipinski definition) is 7. The lowest BCUT2D eigenvalue weighted by Gasteiger charge is -2.27. The minimum absolute atomic E-state index is 0.0200. The fourth-order valence-electron chi connectivity index (χ4n) is 4.11. The van der Waals surface area contributed by atoms with Crippen molar-refractivity contribution in [2.24, 2.45) is 5.10 Å². The number of carbonyl (C=O) groups excluding carboxylic acids is 1.